The summed E-state index contributed by atoms with van der Waals surface area (Å²) in [7, 11) is 0. The van der Waals surface area contributed by atoms with Gasteiger partial charge in [-0.3, -0.25) is 14.5 Å². The number of carbonyl (C=O) groups is 2. The molecule has 0 radical (unpaired) electrons. The van der Waals surface area contributed by atoms with Crippen molar-refractivity contribution in [2.24, 2.45) is 23.7 Å². The molecular weight excluding hydrogens is 564 g/mol. The normalized spacial score (nSPS) is 21.0. The molecule has 1 heterocycles. The minimum absolute atomic E-state index is 0.0388. The number of nitrogens with one attached hydrogen (secondary N) is 1. The van der Waals surface area contributed by atoms with E-state index in [0.717, 1.165) is 40.9 Å². The summed E-state index contributed by atoms with van der Waals surface area (Å²) in [6.45, 7) is 5.84. The number of rotatable bonds is 12. The highest BCUT2D eigenvalue weighted by atomic mass is 16.3. The summed E-state index contributed by atoms with van der Waals surface area (Å²) in [5.74, 6) is -2.29. The lowest BCUT2D eigenvalue weighted by atomic mass is 9.66. The van der Waals surface area contributed by atoms with Crippen molar-refractivity contribution in [1.82, 2.24) is 0 Å². The molecule has 45 heavy (non-hydrogen) atoms. The number of allylic oxidation sites excluding steroid dienone is 2. The van der Waals surface area contributed by atoms with Gasteiger partial charge in [0.05, 0.1) is 30.2 Å². The Hall–Kier alpha value is -4.20. The van der Waals surface area contributed by atoms with Crippen LogP contribution in [0.25, 0.3) is 6.08 Å². The predicted molar refractivity (Wildman–Crippen MR) is 179 cm³/mol. The molecule has 7 heteroatoms. The van der Waals surface area contributed by atoms with E-state index < -0.39 is 23.9 Å². The van der Waals surface area contributed by atoms with Gasteiger partial charge in [0.15, 0.2) is 0 Å². The van der Waals surface area contributed by atoms with Crippen molar-refractivity contribution in [2.45, 2.75) is 59.0 Å². The number of phenols is 1. The largest absolute Gasteiger partial charge is 0.507 e. The third kappa shape index (κ3) is 6.90. The average Bonchev–Trinajstić information content (AvgIpc) is 3.29. The smallest absolute Gasteiger partial charge is 0.238 e. The molecule has 7 nitrogen and oxygen atoms in total. The molecule has 1 fully saturated rings. The maximum atomic E-state index is 14.0. The van der Waals surface area contributed by atoms with Crippen molar-refractivity contribution in [3.05, 3.63) is 101 Å². The Morgan fingerprint density at radius 1 is 0.933 bits per heavy atom. The molecule has 2 amide bonds. The van der Waals surface area contributed by atoms with Crippen LogP contribution in [0.2, 0.25) is 0 Å². The van der Waals surface area contributed by atoms with Gasteiger partial charge in [0.2, 0.25) is 11.8 Å². The van der Waals surface area contributed by atoms with E-state index in [0.29, 0.717) is 30.5 Å². The highest BCUT2D eigenvalue weighted by Crippen LogP contribution is 2.49. The van der Waals surface area contributed by atoms with Crippen LogP contribution in [-0.2, 0) is 9.59 Å². The molecular formula is C38H44N2O5. The van der Waals surface area contributed by atoms with Gasteiger partial charge in [-0.25, -0.2) is 0 Å². The Bertz CT molecular complexity index is 1560. The van der Waals surface area contributed by atoms with E-state index in [1.54, 1.807) is 24.3 Å². The minimum Gasteiger partial charge on any atom is -0.507 e. The first-order valence-electron chi connectivity index (χ1n) is 16.0. The van der Waals surface area contributed by atoms with Crippen LogP contribution in [0.3, 0.4) is 0 Å². The fourth-order valence-corrected chi connectivity index (χ4v) is 6.98. The first kappa shape index (κ1) is 32.2. The molecule has 4 N–H and O–H groups in total. The van der Waals surface area contributed by atoms with Gasteiger partial charge >= 0.3 is 0 Å². The number of aliphatic hydroxyl groups is 2. The van der Waals surface area contributed by atoms with Gasteiger partial charge < -0.3 is 20.6 Å². The van der Waals surface area contributed by atoms with Crippen LogP contribution in [-0.4, -0.2) is 39.8 Å². The first-order chi connectivity index (χ1) is 21.7. The maximum absolute atomic E-state index is 14.0. The molecule has 1 aliphatic carbocycles. The van der Waals surface area contributed by atoms with E-state index >= 15 is 0 Å². The second-order valence-electron chi connectivity index (χ2n) is 12.5. The van der Waals surface area contributed by atoms with Gasteiger partial charge in [0, 0.05) is 22.9 Å². The van der Waals surface area contributed by atoms with Gasteiger partial charge in [0.25, 0.3) is 0 Å². The number of aromatic hydroxyl groups is 1. The van der Waals surface area contributed by atoms with Crippen LogP contribution >= 0.6 is 0 Å². The van der Waals surface area contributed by atoms with Crippen molar-refractivity contribution in [3.8, 4) is 5.75 Å². The summed E-state index contributed by atoms with van der Waals surface area (Å²) in [5, 5.41) is 36.0. The van der Waals surface area contributed by atoms with Crippen molar-refractivity contribution >= 4 is 35.0 Å². The summed E-state index contributed by atoms with van der Waals surface area (Å²) < 4.78 is 0. The molecule has 0 bridgehead atoms. The lowest BCUT2D eigenvalue weighted by molar-refractivity contribution is -0.123. The van der Waals surface area contributed by atoms with Gasteiger partial charge in [-0.1, -0.05) is 80.8 Å². The number of benzene rings is 3. The molecule has 2 aliphatic rings. The van der Waals surface area contributed by atoms with E-state index in [9.17, 15) is 24.9 Å². The van der Waals surface area contributed by atoms with Crippen molar-refractivity contribution < 1.29 is 24.9 Å². The number of hydrogen-bond donors (Lipinski definition) is 4. The highest BCUT2D eigenvalue weighted by Gasteiger charge is 2.55. The molecule has 0 saturated carbocycles. The number of carbonyl (C=O) groups excluding carboxylic acids is 2. The SMILES string of the molecule is CCC/C(=C\c1ccccc1O)CC[C@@H](O)C1=C(C(C)C)C[C@H]2C(=O)N(c3ccc(Nc4ccccc4)cc3)C(=O)[C@H]2[C@H]1CO. The number of amides is 2. The highest BCUT2D eigenvalue weighted by molar-refractivity contribution is 6.22. The quantitative estimate of drug-likeness (QED) is 0.128. The Kier molecular flexibility index (Phi) is 10.2. The van der Waals surface area contributed by atoms with Crippen LogP contribution in [0.4, 0.5) is 17.1 Å². The Balaban J connectivity index is 1.37. The summed E-state index contributed by atoms with van der Waals surface area (Å²) in [5.41, 5.74) is 5.79. The number of hydrogen-bond acceptors (Lipinski definition) is 6. The lowest BCUT2D eigenvalue weighted by Gasteiger charge is -2.38. The molecule has 0 aromatic heterocycles. The summed E-state index contributed by atoms with van der Waals surface area (Å²) >= 11 is 0. The fourth-order valence-electron chi connectivity index (χ4n) is 6.98. The van der Waals surface area contributed by atoms with E-state index in [1.807, 2.05) is 74.5 Å². The molecule has 1 aliphatic heterocycles. The van der Waals surface area contributed by atoms with Crippen molar-refractivity contribution in [3.63, 3.8) is 0 Å². The monoisotopic (exact) mass is 608 g/mol. The third-order valence-corrected chi connectivity index (χ3v) is 9.17. The molecule has 236 valence electrons. The van der Waals surface area contributed by atoms with Crippen LogP contribution in [0.5, 0.6) is 5.75 Å². The Labute approximate surface area is 265 Å². The van der Waals surface area contributed by atoms with E-state index in [-0.39, 0.29) is 30.1 Å². The molecule has 5 rings (SSSR count). The lowest BCUT2D eigenvalue weighted by Crippen LogP contribution is -2.39. The standard InChI is InChI=1S/C38H44N2O5/c1-4-10-25(21-26-11-8-9-14-33(26)42)15-20-34(43)35-30(24(2)3)22-31-36(32(35)23-41)38(45)40(37(31)44)29-18-16-28(17-19-29)39-27-12-6-5-7-13-27/h5-9,11-14,16-19,21,24,31-32,34,36,39,41-43H,4,10,15,20,22-23H2,1-3H3/b25-21+/t31-,32+,34-,36-/m1/s1. The number of imide groups is 1. The summed E-state index contributed by atoms with van der Waals surface area (Å²) in [6, 6.07) is 24.2. The van der Waals surface area contributed by atoms with Crippen LogP contribution in [0.15, 0.2) is 95.6 Å². The van der Waals surface area contributed by atoms with Crippen molar-refractivity contribution in [2.75, 3.05) is 16.8 Å². The molecule has 1 saturated heterocycles. The number of aliphatic hydroxyl groups excluding tert-OH is 2. The van der Waals surface area contributed by atoms with E-state index in [1.165, 1.54) is 4.90 Å². The molecule has 4 atom stereocenters. The van der Waals surface area contributed by atoms with Crippen LogP contribution in [0.1, 0.15) is 58.4 Å². The maximum Gasteiger partial charge on any atom is 0.238 e. The minimum atomic E-state index is -0.870. The van der Waals surface area contributed by atoms with Crippen molar-refractivity contribution in [1.29, 1.82) is 0 Å². The van der Waals surface area contributed by atoms with Gasteiger partial charge in [0.1, 0.15) is 5.75 Å². The fraction of sp³-hybridized carbons (Fsp3) is 0.368. The number of phenolic OH excluding ortho intramolecular Hbond substituents is 1. The summed E-state index contributed by atoms with van der Waals surface area (Å²) in [6.07, 6.45) is 4.27. The zero-order valence-electron chi connectivity index (χ0n) is 26.3. The van der Waals surface area contributed by atoms with Gasteiger partial charge in [-0.15, -0.1) is 0 Å². The second-order valence-corrected chi connectivity index (χ2v) is 12.5. The van der Waals surface area contributed by atoms with Gasteiger partial charge in [-0.2, -0.15) is 0 Å². The zero-order chi connectivity index (χ0) is 32.1. The third-order valence-electron chi connectivity index (χ3n) is 9.17. The molecule has 0 unspecified atom stereocenters. The number of anilines is 3. The predicted octanol–water partition coefficient (Wildman–Crippen LogP) is 7.23. The van der Waals surface area contributed by atoms with E-state index in [4.69, 9.17) is 0 Å². The van der Waals surface area contributed by atoms with Gasteiger partial charge in [-0.05, 0) is 79.6 Å². The zero-order valence-corrected chi connectivity index (χ0v) is 26.3. The second kappa shape index (κ2) is 14.3. The van der Waals surface area contributed by atoms with Crippen LogP contribution < -0.4 is 10.2 Å². The van der Waals surface area contributed by atoms with Crippen LogP contribution in [0, 0.1) is 23.7 Å². The number of para-hydroxylation sites is 2. The van der Waals surface area contributed by atoms with E-state index in [2.05, 4.69) is 12.2 Å². The molecule has 0 spiro atoms. The molecule has 3 aromatic rings. The number of nitrogens with zero attached hydrogens (tertiary/aromatic N) is 1. The topological polar surface area (TPSA) is 110 Å². The Morgan fingerprint density at radius 2 is 1.60 bits per heavy atom. The Morgan fingerprint density at radius 3 is 2.24 bits per heavy atom. The first-order valence-corrected chi connectivity index (χ1v) is 16.0. The summed E-state index contributed by atoms with van der Waals surface area (Å²) in [4.78, 5) is 29.1. The molecule has 3 aromatic carbocycles. The average molecular weight is 609 g/mol. The number of fused-ring (bicyclic) bond motifs is 1.